The highest BCUT2D eigenvalue weighted by atomic mass is 16.4. The van der Waals surface area contributed by atoms with Crippen LogP contribution in [-0.4, -0.2) is 42.7 Å². The molecule has 0 saturated heterocycles. The molecule has 0 fully saturated rings. The lowest BCUT2D eigenvalue weighted by atomic mass is 10.0. The minimum Gasteiger partial charge on any atom is -0.478 e. The van der Waals surface area contributed by atoms with E-state index in [0.717, 1.165) is 12.6 Å². The molecule has 0 aromatic carbocycles. The molecule has 0 radical (unpaired) electrons. The van der Waals surface area contributed by atoms with Crippen LogP contribution in [0.5, 0.6) is 0 Å². The predicted molar refractivity (Wildman–Crippen MR) is 57.1 cm³/mol. The molecule has 0 spiro atoms. The Labute approximate surface area is 85.6 Å². The quantitative estimate of drug-likeness (QED) is 0.622. The van der Waals surface area contributed by atoms with Gasteiger partial charge in [-0.3, -0.25) is 0 Å². The first-order valence-corrected chi connectivity index (χ1v) is 4.73. The summed E-state index contributed by atoms with van der Waals surface area (Å²) in [4.78, 5) is 12.3. The molecular weight excluding hydrogens is 180 g/mol. The molecule has 2 N–H and O–H groups in total. The van der Waals surface area contributed by atoms with Crippen LogP contribution in [0.25, 0.3) is 0 Å². The molecule has 0 aliphatic heterocycles. The van der Waals surface area contributed by atoms with Gasteiger partial charge in [0.2, 0.25) is 0 Å². The van der Waals surface area contributed by atoms with E-state index >= 15 is 0 Å². The van der Waals surface area contributed by atoms with Crippen LogP contribution < -0.4 is 5.32 Å². The van der Waals surface area contributed by atoms with Crippen LogP contribution in [0.1, 0.15) is 13.8 Å². The first-order chi connectivity index (χ1) is 6.43. The van der Waals surface area contributed by atoms with Gasteiger partial charge in [-0.2, -0.15) is 0 Å². The fourth-order valence-electron chi connectivity index (χ4n) is 1.09. The minimum absolute atomic E-state index is 0.278. The maximum atomic E-state index is 10.2. The van der Waals surface area contributed by atoms with Crippen LogP contribution in [0.15, 0.2) is 12.3 Å². The Morgan fingerprint density at radius 1 is 1.50 bits per heavy atom. The van der Waals surface area contributed by atoms with Crippen LogP contribution in [0.3, 0.4) is 0 Å². The minimum atomic E-state index is -0.926. The van der Waals surface area contributed by atoms with Crippen LogP contribution in [-0.2, 0) is 4.79 Å². The van der Waals surface area contributed by atoms with Gasteiger partial charge in [-0.05, 0) is 20.0 Å². The lowest BCUT2D eigenvalue weighted by Gasteiger charge is -2.24. The summed E-state index contributed by atoms with van der Waals surface area (Å²) < 4.78 is 0. The highest BCUT2D eigenvalue weighted by Crippen LogP contribution is 2.02. The van der Waals surface area contributed by atoms with Gasteiger partial charge in [0.1, 0.15) is 0 Å². The molecule has 0 aromatic heterocycles. The predicted octanol–water partition coefficient (Wildman–Crippen LogP) is 0.760. The summed E-state index contributed by atoms with van der Waals surface area (Å²) in [5.41, 5.74) is 0. The zero-order chi connectivity index (χ0) is 11.1. The van der Waals surface area contributed by atoms with Crippen molar-refractivity contribution in [2.75, 3.05) is 20.6 Å². The average Bonchev–Trinajstić information content (AvgIpc) is 2.00. The van der Waals surface area contributed by atoms with Crippen molar-refractivity contribution in [3.63, 3.8) is 0 Å². The highest BCUT2D eigenvalue weighted by molar-refractivity contribution is 5.79. The van der Waals surface area contributed by atoms with E-state index in [1.807, 2.05) is 14.1 Å². The summed E-state index contributed by atoms with van der Waals surface area (Å²) in [5.74, 6) is -0.458. The first kappa shape index (κ1) is 13.0. The molecule has 14 heavy (non-hydrogen) atoms. The zero-order valence-electron chi connectivity index (χ0n) is 9.32. The number of likely N-dealkylation sites (N-methyl/N-ethyl adjacent to an activating group) is 1. The molecule has 0 rings (SSSR count). The van der Waals surface area contributed by atoms with Crippen molar-refractivity contribution in [2.45, 2.75) is 19.9 Å². The second-order valence-corrected chi connectivity index (χ2v) is 3.95. The van der Waals surface area contributed by atoms with E-state index in [-0.39, 0.29) is 6.04 Å². The SMILES string of the molecule is CC(C)C(CN(C)C)N/C=C/C(=O)O. The maximum absolute atomic E-state index is 10.2. The number of aliphatic carboxylic acids is 1. The smallest absolute Gasteiger partial charge is 0.329 e. The third-order valence-corrected chi connectivity index (χ3v) is 1.90. The number of nitrogens with zero attached hydrogens (tertiary/aromatic N) is 1. The number of hydrogen-bond donors (Lipinski definition) is 2. The summed E-state index contributed by atoms with van der Waals surface area (Å²) in [6.07, 6.45) is 2.61. The van der Waals surface area contributed by atoms with E-state index in [0.29, 0.717) is 5.92 Å². The van der Waals surface area contributed by atoms with E-state index in [2.05, 4.69) is 24.1 Å². The van der Waals surface area contributed by atoms with E-state index < -0.39 is 5.97 Å². The van der Waals surface area contributed by atoms with Crippen LogP contribution in [0.2, 0.25) is 0 Å². The Hall–Kier alpha value is -1.03. The number of nitrogens with one attached hydrogen (secondary N) is 1. The summed E-state index contributed by atoms with van der Waals surface area (Å²) in [6.45, 7) is 5.10. The molecule has 4 heteroatoms. The summed E-state index contributed by atoms with van der Waals surface area (Å²) in [5, 5.41) is 11.5. The molecule has 1 unspecified atom stereocenters. The third kappa shape index (κ3) is 6.48. The lowest BCUT2D eigenvalue weighted by molar-refractivity contribution is -0.131. The fraction of sp³-hybridized carbons (Fsp3) is 0.700. The van der Waals surface area contributed by atoms with Crippen LogP contribution >= 0.6 is 0 Å². The number of carbonyl (C=O) groups is 1. The normalized spacial score (nSPS) is 13.9. The number of rotatable bonds is 6. The fourth-order valence-corrected chi connectivity index (χ4v) is 1.09. The standard InChI is InChI=1S/C10H20N2O2/c1-8(2)9(7-12(3)4)11-6-5-10(13)14/h5-6,8-9,11H,7H2,1-4H3,(H,13,14)/b6-5+. The van der Waals surface area contributed by atoms with Gasteiger partial charge in [-0.1, -0.05) is 13.8 Å². The van der Waals surface area contributed by atoms with Gasteiger partial charge in [0.05, 0.1) is 0 Å². The third-order valence-electron chi connectivity index (χ3n) is 1.90. The second-order valence-electron chi connectivity index (χ2n) is 3.95. The van der Waals surface area contributed by atoms with Crippen molar-refractivity contribution in [1.82, 2.24) is 10.2 Å². The maximum Gasteiger partial charge on any atom is 0.329 e. The Balaban J connectivity index is 4.03. The topological polar surface area (TPSA) is 52.6 Å². The van der Waals surface area contributed by atoms with Gasteiger partial charge < -0.3 is 15.3 Å². The Morgan fingerprint density at radius 2 is 2.07 bits per heavy atom. The van der Waals surface area contributed by atoms with Crippen molar-refractivity contribution >= 4 is 5.97 Å². The van der Waals surface area contributed by atoms with Gasteiger partial charge in [-0.25, -0.2) is 4.79 Å². The molecular formula is C10H20N2O2. The molecule has 0 aromatic rings. The molecule has 0 aliphatic rings. The van der Waals surface area contributed by atoms with E-state index in [1.54, 1.807) is 0 Å². The Morgan fingerprint density at radius 3 is 2.43 bits per heavy atom. The molecule has 4 nitrogen and oxygen atoms in total. The highest BCUT2D eigenvalue weighted by Gasteiger charge is 2.11. The summed E-state index contributed by atoms with van der Waals surface area (Å²) in [7, 11) is 4.00. The molecule has 0 heterocycles. The van der Waals surface area contributed by atoms with Crippen molar-refractivity contribution in [1.29, 1.82) is 0 Å². The number of hydrogen-bond acceptors (Lipinski definition) is 3. The molecule has 0 bridgehead atoms. The molecule has 0 amide bonds. The number of carboxylic acid groups (broad SMARTS) is 1. The van der Waals surface area contributed by atoms with E-state index in [9.17, 15) is 4.79 Å². The molecule has 0 aliphatic carbocycles. The lowest BCUT2D eigenvalue weighted by Crippen LogP contribution is -2.39. The monoisotopic (exact) mass is 200 g/mol. The number of carboxylic acids is 1. The largest absolute Gasteiger partial charge is 0.478 e. The summed E-state index contributed by atoms with van der Waals surface area (Å²) in [6, 6.07) is 0.278. The van der Waals surface area contributed by atoms with Gasteiger partial charge in [0.15, 0.2) is 0 Å². The molecule has 0 saturated carbocycles. The molecule has 1 atom stereocenters. The zero-order valence-corrected chi connectivity index (χ0v) is 9.32. The van der Waals surface area contributed by atoms with Gasteiger partial charge in [0.25, 0.3) is 0 Å². The van der Waals surface area contributed by atoms with Crippen molar-refractivity contribution in [3.8, 4) is 0 Å². The molecule has 82 valence electrons. The summed E-state index contributed by atoms with van der Waals surface area (Å²) >= 11 is 0. The van der Waals surface area contributed by atoms with Gasteiger partial charge in [-0.15, -0.1) is 0 Å². The van der Waals surface area contributed by atoms with Crippen LogP contribution in [0.4, 0.5) is 0 Å². The Bertz CT molecular complexity index is 200. The second kappa shape index (κ2) is 6.43. The Kier molecular flexibility index (Phi) is 5.95. The van der Waals surface area contributed by atoms with E-state index in [4.69, 9.17) is 5.11 Å². The van der Waals surface area contributed by atoms with Crippen LogP contribution in [0, 0.1) is 5.92 Å². The van der Waals surface area contributed by atoms with Crippen molar-refractivity contribution < 1.29 is 9.90 Å². The first-order valence-electron chi connectivity index (χ1n) is 4.73. The van der Waals surface area contributed by atoms with Gasteiger partial charge >= 0.3 is 5.97 Å². The van der Waals surface area contributed by atoms with Crippen molar-refractivity contribution in [3.05, 3.63) is 12.3 Å². The van der Waals surface area contributed by atoms with Gasteiger partial charge in [0, 0.05) is 24.9 Å². The van der Waals surface area contributed by atoms with E-state index in [1.165, 1.54) is 6.20 Å². The average molecular weight is 200 g/mol. The van der Waals surface area contributed by atoms with Crippen molar-refractivity contribution in [2.24, 2.45) is 5.92 Å².